The van der Waals surface area contributed by atoms with Gasteiger partial charge in [0.05, 0.1) is 11.4 Å². The van der Waals surface area contributed by atoms with Gasteiger partial charge in [0, 0.05) is 4.47 Å². The number of anilines is 2. The summed E-state index contributed by atoms with van der Waals surface area (Å²) in [6.45, 7) is -1.19. The van der Waals surface area contributed by atoms with Gasteiger partial charge in [0.25, 0.3) is 0 Å². The van der Waals surface area contributed by atoms with E-state index >= 15 is 0 Å². The molecule has 0 aliphatic carbocycles. The number of alkyl halides is 2. The molecule has 0 aliphatic rings. The highest BCUT2D eigenvalue weighted by atomic mass is 79.9. The third-order valence-corrected chi connectivity index (χ3v) is 2.62. The molecule has 0 bridgehead atoms. The Kier molecular flexibility index (Phi) is 3.15. The lowest BCUT2D eigenvalue weighted by molar-refractivity contribution is -0.0493. The molecule has 0 amide bonds. The van der Waals surface area contributed by atoms with Gasteiger partial charge >= 0.3 is 6.61 Å². The molecule has 0 aromatic heterocycles. The van der Waals surface area contributed by atoms with Crippen molar-refractivity contribution in [2.75, 3.05) is 11.5 Å². The molecule has 3 nitrogen and oxygen atoms in total. The minimum absolute atomic E-state index is 0.0333. The third kappa shape index (κ3) is 2.06. The van der Waals surface area contributed by atoms with E-state index in [1.54, 1.807) is 6.92 Å². The summed E-state index contributed by atoms with van der Waals surface area (Å²) < 4.78 is 28.6. The number of hydrogen-bond donors (Lipinski definition) is 2. The lowest BCUT2D eigenvalue weighted by atomic mass is 10.1. The second-order valence-corrected chi connectivity index (χ2v) is 3.54. The van der Waals surface area contributed by atoms with Crippen molar-refractivity contribution in [2.45, 2.75) is 13.5 Å². The predicted molar refractivity (Wildman–Crippen MR) is 54.3 cm³/mol. The summed E-state index contributed by atoms with van der Waals surface area (Å²) >= 11 is 3.16. The average Bonchev–Trinajstić information content (AvgIpc) is 2.10. The summed E-state index contributed by atoms with van der Waals surface area (Å²) in [5.41, 5.74) is 12.1. The van der Waals surface area contributed by atoms with E-state index in [-0.39, 0.29) is 17.1 Å². The van der Waals surface area contributed by atoms with Crippen LogP contribution in [-0.4, -0.2) is 6.61 Å². The Hall–Kier alpha value is -1.04. The molecule has 0 atom stereocenters. The summed E-state index contributed by atoms with van der Waals surface area (Å²) in [4.78, 5) is 0. The lowest BCUT2D eigenvalue weighted by Crippen LogP contribution is -2.07. The van der Waals surface area contributed by atoms with Gasteiger partial charge in [-0.15, -0.1) is 0 Å². The number of nitrogen functional groups attached to an aromatic ring is 2. The number of halogens is 3. The maximum Gasteiger partial charge on any atom is 0.387 e. The molecule has 14 heavy (non-hydrogen) atoms. The van der Waals surface area contributed by atoms with E-state index in [0.717, 1.165) is 0 Å². The summed E-state index contributed by atoms with van der Waals surface area (Å²) in [7, 11) is 0. The smallest absolute Gasteiger partial charge is 0.387 e. The van der Waals surface area contributed by atoms with Crippen LogP contribution in [0, 0.1) is 6.92 Å². The Morgan fingerprint density at radius 3 is 2.43 bits per heavy atom. The molecule has 0 fully saturated rings. The van der Waals surface area contributed by atoms with E-state index in [1.807, 2.05) is 0 Å². The molecular weight excluding hydrogens is 258 g/mol. The summed E-state index contributed by atoms with van der Waals surface area (Å²) in [6, 6.07) is 1.37. The van der Waals surface area contributed by atoms with Crippen molar-refractivity contribution in [3.63, 3.8) is 0 Å². The van der Waals surface area contributed by atoms with E-state index < -0.39 is 6.61 Å². The maximum absolute atomic E-state index is 11.9. The Balaban J connectivity index is 3.19. The fraction of sp³-hybridized carbons (Fsp3) is 0.250. The van der Waals surface area contributed by atoms with E-state index in [0.29, 0.717) is 10.0 Å². The number of rotatable bonds is 2. The van der Waals surface area contributed by atoms with Crippen molar-refractivity contribution in [2.24, 2.45) is 0 Å². The van der Waals surface area contributed by atoms with Crippen LogP contribution >= 0.6 is 15.9 Å². The Morgan fingerprint density at radius 1 is 1.36 bits per heavy atom. The van der Waals surface area contributed by atoms with Gasteiger partial charge in [0.2, 0.25) is 0 Å². The molecule has 0 unspecified atom stereocenters. The van der Waals surface area contributed by atoms with Crippen LogP contribution in [-0.2, 0) is 0 Å². The fourth-order valence-corrected chi connectivity index (χ4v) is 1.38. The molecule has 1 aromatic carbocycles. The first-order chi connectivity index (χ1) is 6.43. The monoisotopic (exact) mass is 266 g/mol. The molecule has 0 heterocycles. The van der Waals surface area contributed by atoms with E-state index in [2.05, 4.69) is 20.7 Å². The summed E-state index contributed by atoms with van der Waals surface area (Å²) in [5, 5.41) is 0. The normalized spacial score (nSPS) is 10.6. The zero-order valence-corrected chi connectivity index (χ0v) is 8.94. The standard InChI is InChI=1S/C8H9BrF2N2O/c1-3-4(9)2-5(14-8(10)11)7(13)6(3)12/h2,8H,12-13H2,1H3. The van der Waals surface area contributed by atoms with Crippen LogP contribution < -0.4 is 16.2 Å². The molecule has 0 saturated carbocycles. The molecule has 78 valence electrons. The number of ether oxygens (including phenoxy) is 1. The van der Waals surface area contributed by atoms with Crippen molar-refractivity contribution in [1.29, 1.82) is 0 Å². The molecule has 0 spiro atoms. The van der Waals surface area contributed by atoms with Crippen molar-refractivity contribution >= 4 is 27.3 Å². The molecule has 0 radical (unpaired) electrons. The molecule has 1 rings (SSSR count). The first kappa shape index (κ1) is 11.0. The zero-order valence-electron chi connectivity index (χ0n) is 7.35. The van der Waals surface area contributed by atoms with Gasteiger partial charge < -0.3 is 16.2 Å². The van der Waals surface area contributed by atoms with Crippen LogP contribution in [0.2, 0.25) is 0 Å². The third-order valence-electron chi connectivity index (χ3n) is 1.79. The minimum atomic E-state index is -2.91. The van der Waals surface area contributed by atoms with E-state index in [9.17, 15) is 8.78 Å². The van der Waals surface area contributed by atoms with E-state index in [4.69, 9.17) is 11.5 Å². The van der Waals surface area contributed by atoms with Gasteiger partial charge in [0.1, 0.15) is 0 Å². The van der Waals surface area contributed by atoms with Crippen molar-refractivity contribution < 1.29 is 13.5 Å². The second kappa shape index (κ2) is 4.00. The predicted octanol–water partition coefficient (Wildman–Crippen LogP) is 2.52. The van der Waals surface area contributed by atoms with Gasteiger partial charge in [0.15, 0.2) is 5.75 Å². The van der Waals surface area contributed by atoms with Crippen molar-refractivity contribution in [1.82, 2.24) is 0 Å². The van der Waals surface area contributed by atoms with Crippen LogP contribution in [0.1, 0.15) is 5.56 Å². The van der Waals surface area contributed by atoms with Crippen molar-refractivity contribution in [3.05, 3.63) is 16.1 Å². The lowest BCUT2D eigenvalue weighted by Gasteiger charge is -2.12. The average molecular weight is 267 g/mol. The number of benzene rings is 1. The first-order valence-corrected chi connectivity index (χ1v) is 4.51. The van der Waals surface area contributed by atoms with Gasteiger partial charge in [-0.05, 0) is 18.6 Å². The Labute approximate surface area is 88.2 Å². The SMILES string of the molecule is Cc1c(Br)cc(OC(F)F)c(N)c1N. The fourth-order valence-electron chi connectivity index (χ4n) is 0.958. The number of nitrogens with two attached hydrogens (primary N) is 2. The molecule has 0 aliphatic heterocycles. The zero-order chi connectivity index (χ0) is 10.9. The molecule has 1 aromatic rings. The highest BCUT2D eigenvalue weighted by Crippen LogP contribution is 2.36. The first-order valence-electron chi connectivity index (χ1n) is 3.72. The quantitative estimate of drug-likeness (QED) is 0.809. The molecule has 6 heteroatoms. The van der Waals surface area contributed by atoms with Crippen LogP contribution in [0.15, 0.2) is 10.5 Å². The highest BCUT2D eigenvalue weighted by molar-refractivity contribution is 9.10. The second-order valence-electron chi connectivity index (χ2n) is 2.69. The largest absolute Gasteiger partial charge is 0.433 e. The maximum atomic E-state index is 11.9. The van der Waals surface area contributed by atoms with Crippen molar-refractivity contribution in [3.8, 4) is 5.75 Å². The van der Waals surface area contributed by atoms with Gasteiger partial charge in [-0.1, -0.05) is 15.9 Å². The minimum Gasteiger partial charge on any atom is -0.433 e. The Morgan fingerprint density at radius 2 is 1.93 bits per heavy atom. The molecule has 0 saturated heterocycles. The van der Waals surface area contributed by atoms with Crippen LogP contribution in [0.5, 0.6) is 5.75 Å². The summed E-state index contributed by atoms with van der Waals surface area (Å²) in [5.74, 6) is -0.116. The van der Waals surface area contributed by atoms with Crippen LogP contribution in [0.25, 0.3) is 0 Å². The molecule has 4 N–H and O–H groups in total. The molecular formula is C8H9BrF2N2O. The van der Waals surface area contributed by atoms with Gasteiger partial charge in [-0.2, -0.15) is 8.78 Å². The summed E-state index contributed by atoms with van der Waals surface area (Å²) in [6.07, 6.45) is 0. The topological polar surface area (TPSA) is 61.3 Å². The highest BCUT2D eigenvalue weighted by Gasteiger charge is 2.13. The van der Waals surface area contributed by atoms with E-state index in [1.165, 1.54) is 6.07 Å². The van der Waals surface area contributed by atoms with Gasteiger partial charge in [-0.25, -0.2) is 0 Å². The van der Waals surface area contributed by atoms with Gasteiger partial charge in [-0.3, -0.25) is 0 Å². The van der Waals surface area contributed by atoms with Crippen LogP contribution in [0.4, 0.5) is 20.2 Å². The Bertz CT molecular complexity index is 358. The van der Waals surface area contributed by atoms with Crippen LogP contribution in [0.3, 0.4) is 0 Å². The number of hydrogen-bond acceptors (Lipinski definition) is 3.